The van der Waals surface area contributed by atoms with Gasteiger partial charge in [-0.1, -0.05) is 0 Å². The zero-order valence-corrected chi connectivity index (χ0v) is 9.72. The zero-order chi connectivity index (χ0) is 12.4. The van der Waals surface area contributed by atoms with Gasteiger partial charge in [0.05, 0.1) is 6.54 Å². The summed E-state index contributed by atoms with van der Waals surface area (Å²) < 4.78 is 3.02. The van der Waals surface area contributed by atoms with Gasteiger partial charge in [-0.15, -0.1) is 0 Å². The van der Waals surface area contributed by atoms with Crippen LogP contribution in [0.5, 0.6) is 0 Å². The van der Waals surface area contributed by atoms with Crippen molar-refractivity contribution in [3.8, 4) is 0 Å². The Balaban J connectivity index is 2.26. The highest BCUT2D eigenvalue weighted by Crippen LogP contribution is 2.09. The lowest BCUT2D eigenvalue weighted by Gasteiger charge is -2.09. The summed E-state index contributed by atoms with van der Waals surface area (Å²) in [6.45, 7) is 2.64. The average molecular weight is 237 g/mol. The van der Waals surface area contributed by atoms with E-state index in [0.29, 0.717) is 5.57 Å². The fourth-order valence-corrected chi connectivity index (χ4v) is 2.04. The number of fused-ring (bicyclic) bond motifs is 1. The first-order valence-corrected chi connectivity index (χ1v) is 5.64. The molecule has 2 heterocycles. The van der Waals surface area contributed by atoms with E-state index < -0.39 is 5.97 Å². The van der Waals surface area contributed by atoms with Crippen molar-refractivity contribution >= 4 is 5.97 Å². The van der Waals surface area contributed by atoms with Gasteiger partial charge in [0.15, 0.2) is 0 Å². The molecule has 2 rings (SSSR count). The van der Waals surface area contributed by atoms with Crippen LogP contribution in [0, 0.1) is 0 Å². The number of carbonyl (C=O) groups is 1. The van der Waals surface area contributed by atoms with Gasteiger partial charge < -0.3 is 5.11 Å². The van der Waals surface area contributed by atoms with Crippen LogP contribution < -0.4 is 5.69 Å². The topological polar surface area (TPSA) is 77.1 Å². The minimum atomic E-state index is -1.00. The fourth-order valence-electron chi connectivity index (χ4n) is 2.04. The highest BCUT2D eigenvalue weighted by Gasteiger charge is 2.16. The Bertz CT molecular complexity index is 525. The first-order valence-electron chi connectivity index (χ1n) is 5.64. The van der Waals surface area contributed by atoms with E-state index in [2.05, 4.69) is 5.10 Å². The highest BCUT2D eigenvalue weighted by atomic mass is 16.4. The van der Waals surface area contributed by atoms with E-state index >= 15 is 0 Å². The molecule has 1 aromatic heterocycles. The van der Waals surface area contributed by atoms with Crippen LogP contribution in [-0.4, -0.2) is 25.4 Å². The van der Waals surface area contributed by atoms with Crippen molar-refractivity contribution in [1.82, 2.24) is 14.3 Å². The molecule has 0 atom stereocenters. The summed E-state index contributed by atoms with van der Waals surface area (Å²) in [5, 5.41) is 12.8. The van der Waals surface area contributed by atoms with Crippen LogP contribution in [0.3, 0.4) is 0 Å². The van der Waals surface area contributed by atoms with Crippen LogP contribution in [0.25, 0.3) is 0 Å². The monoisotopic (exact) mass is 237 g/mol. The summed E-state index contributed by atoms with van der Waals surface area (Å²) in [5.41, 5.74) is 0.466. The molecular formula is C11H15N3O3. The predicted octanol–water partition coefficient (Wildman–Crippen LogP) is 0.412. The maximum absolute atomic E-state index is 11.9. The number of hydrogen-bond acceptors (Lipinski definition) is 3. The smallest absolute Gasteiger partial charge is 0.346 e. The Morgan fingerprint density at radius 3 is 2.94 bits per heavy atom. The molecule has 1 aliphatic rings. The van der Waals surface area contributed by atoms with E-state index in [1.54, 1.807) is 11.5 Å². The van der Waals surface area contributed by atoms with Crippen LogP contribution in [0.15, 0.2) is 16.4 Å². The summed E-state index contributed by atoms with van der Waals surface area (Å²) >= 11 is 0. The molecule has 92 valence electrons. The van der Waals surface area contributed by atoms with Crippen molar-refractivity contribution in [2.75, 3.05) is 0 Å². The molecule has 0 aromatic carbocycles. The molecule has 0 unspecified atom stereocenters. The van der Waals surface area contributed by atoms with Gasteiger partial charge in [-0.2, -0.15) is 5.10 Å². The molecule has 1 aliphatic heterocycles. The molecule has 0 saturated heterocycles. The summed E-state index contributed by atoms with van der Waals surface area (Å²) in [5.74, 6) is -0.191. The number of aryl methyl sites for hydroxylation is 1. The average Bonchev–Trinajstić information content (AvgIpc) is 2.55. The number of aromatic nitrogens is 3. The lowest BCUT2D eigenvalue weighted by atomic mass is 10.2. The number of nitrogens with zero attached hydrogens (tertiary/aromatic N) is 3. The van der Waals surface area contributed by atoms with Crippen molar-refractivity contribution in [1.29, 1.82) is 0 Å². The van der Waals surface area contributed by atoms with Gasteiger partial charge in [0.2, 0.25) is 0 Å². The molecule has 0 bridgehead atoms. The number of carboxylic acid groups (broad SMARTS) is 1. The predicted molar refractivity (Wildman–Crippen MR) is 60.8 cm³/mol. The van der Waals surface area contributed by atoms with Gasteiger partial charge in [0.25, 0.3) is 0 Å². The molecule has 1 N–H and O–H groups in total. The van der Waals surface area contributed by atoms with E-state index in [9.17, 15) is 9.59 Å². The van der Waals surface area contributed by atoms with Crippen LogP contribution in [0.2, 0.25) is 0 Å². The van der Waals surface area contributed by atoms with Crippen molar-refractivity contribution in [3.05, 3.63) is 28.0 Å². The zero-order valence-electron chi connectivity index (χ0n) is 9.72. The van der Waals surface area contributed by atoms with E-state index in [1.165, 1.54) is 4.68 Å². The van der Waals surface area contributed by atoms with Gasteiger partial charge in [-0.05, 0) is 25.3 Å². The molecule has 0 fully saturated rings. The Morgan fingerprint density at radius 1 is 1.53 bits per heavy atom. The molecule has 6 nitrogen and oxygen atoms in total. The first-order chi connectivity index (χ1) is 8.08. The van der Waals surface area contributed by atoms with Crippen molar-refractivity contribution < 1.29 is 9.90 Å². The molecule has 0 saturated carbocycles. The van der Waals surface area contributed by atoms with Crippen molar-refractivity contribution in [3.63, 3.8) is 0 Å². The molecule has 17 heavy (non-hydrogen) atoms. The van der Waals surface area contributed by atoms with Gasteiger partial charge in [0.1, 0.15) is 5.82 Å². The van der Waals surface area contributed by atoms with E-state index in [1.807, 2.05) is 0 Å². The molecule has 0 aliphatic carbocycles. The van der Waals surface area contributed by atoms with Crippen molar-refractivity contribution in [2.24, 2.45) is 0 Å². The van der Waals surface area contributed by atoms with Crippen LogP contribution in [0.1, 0.15) is 25.6 Å². The standard InChI is InChI=1S/C11H15N3O3/c1-8(6-10(15)16)7-14-11(17)13-5-3-2-4-9(13)12-14/h6H,2-5,7H2,1H3,(H,15,16). The second-order valence-electron chi connectivity index (χ2n) is 4.29. The number of aliphatic carboxylic acids is 1. The van der Waals surface area contributed by atoms with E-state index in [4.69, 9.17) is 5.11 Å². The summed E-state index contributed by atoms with van der Waals surface area (Å²) in [6.07, 6.45) is 3.98. The summed E-state index contributed by atoms with van der Waals surface area (Å²) in [4.78, 5) is 22.4. The maximum atomic E-state index is 11.9. The molecule has 0 radical (unpaired) electrons. The quantitative estimate of drug-likeness (QED) is 0.772. The van der Waals surface area contributed by atoms with Gasteiger partial charge in [0, 0.05) is 19.0 Å². The number of rotatable bonds is 3. The Labute approximate surface area is 98.2 Å². The minimum Gasteiger partial charge on any atom is -0.478 e. The number of hydrogen-bond donors (Lipinski definition) is 1. The molecule has 1 aromatic rings. The minimum absolute atomic E-state index is 0.141. The maximum Gasteiger partial charge on any atom is 0.346 e. The lowest BCUT2D eigenvalue weighted by Crippen LogP contribution is -2.27. The summed E-state index contributed by atoms with van der Waals surface area (Å²) in [6, 6.07) is 0. The Kier molecular flexibility index (Phi) is 3.12. The second kappa shape index (κ2) is 4.57. The van der Waals surface area contributed by atoms with Gasteiger partial charge >= 0.3 is 11.7 Å². The van der Waals surface area contributed by atoms with Crippen molar-refractivity contribution in [2.45, 2.75) is 39.3 Å². The number of carboxylic acids is 1. The SMILES string of the molecule is CC(=CC(=O)O)Cn1nc2n(c1=O)CCCC2. The van der Waals surface area contributed by atoms with Gasteiger partial charge in [-0.25, -0.2) is 14.3 Å². The molecule has 0 amide bonds. The fraction of sp³-hybridized carbons (Fsp3) is 0.545. The van der Waals surface area contributed by atoms with Gasteiger partial charge in [-0.3, -0.25) is 4.57 Å². The largest absolute Gasteiger partial charge is 0.478 e. The Morgan fingerprint density at radius 2 is 2.29 bits per heavy atom. The third kappa shape index (κ3) is 2.46. The van der Waals surface area contributed by atoms with E-state index in [-0.39, 0.29) is 12.2 Å². The first kappa shape index (κ1) is 11.6. The second-order valence-corrected chi connectivity index (χ2v) is 4.29. The summed E-state index contributed by atoms with van der Waals surface area (Å²) in [7, 11) is 0. The Hall–Kier alpha value is -1.85. The van der Waals surface area contributed by atoms with E-state index in [0.717, 1.165) is 37.7 Å². The molecule has 6 heteroatoms. The highest BCUT2D eigenvalue weighted by molar-refractivity contribution is 5.80. The normalized spacial score (nSPS) is 15.7. The molecular weight excluding hydrogens is 222 g/mol. The third-order valence-electron chi connectivity index (χ3n) is 2.80. The third-order valence-corrected chi connectivity index (χ3v) is 2.80. The van der Waals surface area contributed by atoms with Crippen LogP contribution >= 0.6 is 0 Å². The van der Waals surface area contributed by atoms with Crippen LogP contribution in [-0.2, 0) is 24.3 Å². The number of allylic oxidation sites excluding steroid dienone is 1. The van der Waals surface area contributed by atoms with Crippen LogP contribution in [0.4, 0.5) is 0 Å². The lowest BCUT2D eigenvalue weighted by molar-refractivity contribution is -0.131. The molecule has 0 spiro atoms.